The molecule has 2 aliphatic heterocycles. The molecule has 0 spiro atoms. The first-order chi connectivity index (χ1) is 18.9. The molecule has 0 bridgehead atoms. The van der Waals surface area contributed by atoms with Crippen molar-refractivity contribution in [2.45, 2.75) is 71.0 Å². The quantitative estimate of drug-likeness (QED) is 0.259. The Morgan fingerprint density at radius 2 is 1.95 bits per heavy atom. The van der Waals surface area contributed by atoms with Crippen LogP contribution in [0.15, 0.2) is 16.9 Å². The fraction of sp³-hybridized carbons (Fsp3) is 0.692. The summed E-state index contributed by atoms with van der Waals surface area (Å²) in [7, 11) is 0. The lowest BCUT2D eigenvalue weighted by Gasteiger charge is -2.26. The van der Waals surface area contributed by atoms with E-state index >= 15 is 0 Å². The van der Waals surface area contributed by atoms with Gasteiger partial charge in [0.2, 0.25) is 5.95 Å². The molecule has 0 saturated carbocycles. The van der Waals surface area contributed by atoms with Crippen LogP contribution in [0.25, 0.3) is 11.2 Å². The van der Waals surface area contributed by atoms with Crippen molar-refractivity contribution in [2.75, 3.05) is 49.7 Å². The van der Waals surface area contributed by atoms with E-state index in [0.29, 0.717) is 48.2 Å². The Morgan fingerprint density at radius 1 is 1.15 bits per heavy atom. The zero-order chi connectivity index (χ0) is 27.5. The van der Waals surface area contributed by atoms with Gasteiger partial charge in [-0.3, -0.25) is 4.57 Å². The van der Waals surface area contributed by atoms with Crippen LogP contribution < -0.4 is 10.2 Å². The van der Waals surface area contributed by atoms with Crippen LogP contribution in [0.5, 0.6) is 0 Å². The molecule has 0 unspecified atom stereocenters. The van der Waals surface area contributed by atoms with Crippen LogP contribution >= 0.6 is 0 Å². The summed E-state index contributed by atoms with van der Waals surface area (Å²) in [6.45, 7) is 10.1. The lowest BCUT2D eigenvalue weighted by Crippen LogP contribution is -2.34. The molecule has 3 aromatic rings. The van der Waals surface area contributed by atoms with E-state index in [-0.39, 0.29) is 12.6 Å². The summed E-state index contributed by atoms with van der Waals surface area (Å²) in [4.78, 5) is 18.2. The van der Waals surface area contributed by atoms with E-state index in [2.05, 4.69) is 34.2 Å². The van der Waals surface area contributed by atoms with Gasteiger partial charge in [0, 0.05) is 25.7 Å². The number of ether oxygens (including phenoxy) is 1. The highest BCUT2D eigenvalue weighted by molar-refractivity contribution is 5.85. The van der Waals surface area contributed by atoms with Crippen LogP contribution in [0.1, 0.15) is 63.8 Å². The zero-order valence-electron chi connectivity index (χ0n) is 22.9. The van der Waals surface area contributed by atoms with E-state index in [1.54, 1.807) is 15.5 Å². The SMILES string of the molecule is CCc1cc([C@H]2O[C@@H](n3cnc4c(N(CO)CC(C)C)nc(NCCN5CCCCC5)nc43)[C@H](O)[C@@H]2O)on1. The normalized spacial score (nSPS) is 24.2. The van der Waals surface area contributed by atoms with Crippen molar-refractivity contribution < 1.29 is 24.6 Å². The van der Waals surface area contributed by atoms with Crippen molar-refractivity contribution in [3.63, 3.8) is 0 Å². The Morgan fingerprint density at radius 3 is 2.64 bits per heavy atom. The Hall–Kier alpha value is -2.84. The van der Waals surface area contributed by atoms with Crippen LogP contribution in [-0.4, -0.2) is 96.6 Å². The number of fused-ring (bicyclic) bond motifs is 1. The number of aliphatic hydroxyl groups is 3. The Balaban J connectivity index is 1.45. The Kier molecular flexibility index (Phi) is 8.62. The van der Waals surface area contributed by atoms with E-state index in [1.807, 2.05) is 6.92 Å². The first-order valence-corrected chi connectivity index (χ1v) is 13.9. The van der Waals surface area contributed by atoms with Gasteiger partial charge in [0.15, 0.2) is 29.0 Å². The number of aliphatic hydroxyl groups excluding tert-OH is 3. The number of aromatic nitrogens is 5. The second kappa shape index (κ2) is 12.1. The average molecular weight is 545 g/mol. The monoisotopic (exact) mass is 544 g/mol. The Labute approximate surface area is 227 Å². The van der Waals surface area contributed by atoms with Gasteiger partial charge in [-0.15, -0.1) is 0 Å². The number of aryl methyl sites for hydroxylation is 1. The van der Waals surface area contributed by atoms with Crippen molar-refractivity contribution in [3.05, 3.63) is 23.8 Å². The number of likely N-dealkylation sites (tertiary alicyclic amines) is 1. The number of rotatable bonds is 11. The number of imidazole rings is 1. The first-order valence-electron chi connectivity index (χ1n) is 13.9. The molecule has 0 aliphatic carbocycles. The van der Waals surface area contributed by atoms with Crippen molar-refractivity contribution in [1.29, 1.82) is 0 Å². The molecule has 4 atom stereocenters. The van der Waals surface area contributed by atoms with E-state index < -0.39 is 24.5 Å². The maximum Gasteiger partial charge on any atom is 0.226 e. The number of hydrogen-bond acceptors (Lipinski definition) is 12. The number of hydrogen-bond donors (Lipinski definition) is 4. The Bertz CT molecular complexity index is 1230. The zero-order valence-corrected chi connectivity index (χ0v) is 22.9. The van der Waals surface area contributed by atoms with Gasteiger partial charge < -0.3 is 39.7 Å². The number of anilines is 2. The maximum atomic E-state index is 11.0. The molecule has 5 heterocycles. The van der Waals surface area contributed by atoms with Crippen LogP contribution in [0, 0.1) is 5.92 Å². The molecule has 4 N–H and O–H groups in total. The third-order valence-electron chi connectivity index (χ3n) is 7.35. The fourth-order valence-electron chi connectivity index (χ4n) is 5.30. The summed E-state index contributed by atoms with van der Waals surface area (Å²) in [5, 5.41) is 39.3. The standard InChI is InChI=1S/C26H40N8O5/c1-4-17-12-18(39-31-17)22-20(36)21(37)25(38-22)34-14-28-19-23(33(15-35)13-16(2)3)29-26(30-24(19)34)27-8-11-32-9-6-5-7-10-32/h12,14,16,20-22,25,35-37H,4-11,13,15H2,1-3H3,(H,27,29,30)/t20-,21+,22+,25+/m0/s1. The maximum absolute atomic E-state index is 11.0. The summed E-state index contributed by atoms with van der Waals surface area (Å²) in [5.41, 5.74) is 1.62. The van der Waals surface area contributed by atoms with E-state index in [0.717, 1.165) is 25.3 Å². The van der Waals surface area contributed by atoms with Crippen molar-refractivity contribution in [1.82, 2.24) is 29.6 Å². The summed E-state index contributed by atoms with van der Waals surface area (Å²) in [6, 6.07) is 1.73. The lowest BCUT2D eigenvalue weighted by molar-refractivity contribution is -0.0434. The highest BCUT2D eigenvalue weighted by atomic mass is 16.6. The van der Waals surface area contributed by atoms with E-state index in [4.69, 9.17) is 19.2 Å². The average Bonchev–Trinajstić information content (AvgIpc) is 3.65. The van der Waals surface area contributed by atoms with Gasteiger partial charge in [0.1, 0.15) is 25.0 Å². The van der Waals surface area contributed by atoms with Gasteiger partial charge in [-0.05, 0) is 38.3 Å². The highest BCUT2D eigenvalue weighted by Gasteiger charge is 2.47. The van der Waals surface area contributed by atoms with E-state index in [1.165, 1.54) is 25.6 Å². The molecule has 3 aromatic heterocycles. The highest BCUT2D eigenvalue weighted by Crippen LogP contribution is 2.40. The third-order valence-corrected chi connectivity index (χ3v) is 7.35. The van der Waals surface area contributed by atoms with Crippen LogP contribution in [-0.2, 0) is 11.2 Å². The number of nitrogens with one attached hydrogen (secondary N) is 1. The molecule has 0 amide bonds. The molecule has 13 nitrogen and oxygen atoms in total. The molecule has 0 aromatic carbocycles. The lowest BCUT2D eigenvalue weighted by atomic mass is 10.1. The van der Waals surface area contributed by atoms with Gasteiger partial charge >= 0.3 is 0 Å². The molecule has 214 valence electrons. The minimum Gasteiger partial charge on any atom is -0.387 e. The molecule has 5 rings (SSSR count). The topological polar surface area (TPSA) is 158 Å². The molecule has 2 saturated heterocycles. The van der Waals surface area contributed by atoms with E-state index in [9.17, 15) is 15.3 Å². The predicted molar refractivity (Wildman–Crippen MR) is 144 cm³/mol. The number of nitrogens with zero attached hydrogens (tertiary/aromatic N) is 7. The van der Waals surface area contributed by atoms with Crippen molar-refractivity contribution in [3.8, 4) is 0 Å². The van der Waals surface area contributed by atoms with Crippen LogP contribution in [0.2, 0.25) is 0 Å². The summed E-state index contributed by atoms with van der Waals surface area (Å²) in [6.07, 6.45) is 1.56. The second-order valence-corrected chi connectivity index (χ2v) is 10.8. The van der Waals surface area contributed by atoms with Gasteiger partial charge in [-0.2, -0.15) is 9.97 Å². The predicted octanol–water partition coefficient (Wildman–Crippen LogP) is 1.68. The first kappa shape index (κ1) is 27.7. The minimum absolute atomic E-state index is 0.237. The summed E-state index contributed by atoms with van der Waals surface area (Å²) < 4.78 is 13.1. The van der Waals surface area contributed by atoms with Gasteiger partial charge in [-0.25, -0.2) is 4.98 Å². The van der Waals surface area contributed by atoms with Gasteiger partial charge in [0.25, 0.3) is 0 Å². The van der Waals surface area contributed by atoms with Gasteiger partial charge in [-0.1, -0.05) is 32.3 Å². The van der Waals surface area contributed by atoms with Gasteiger partial charge in [0.05, 0.1) is 12.0 Å². The summed E-state index contributed by atoms with van der Waals surface area (Å²) >= 11 is 0. The molecule has 2 aliphatic rings. The molecular formula is C26H40N8O5. The third kappa shape index (κ3) is 5.87. The second-order valence-electron chi connectivity index (χ2n) is 10.8. The number of piperidine rings is 1. The molecular weight excluding hydrogens is 504 g/mol. The largest absolute Gasteiger partial charge is 0.387 e. The van der Waals surface area contributed by atoms with Crippen LogP contribution in [0.4, 0.5) is 11.8 Å². The van der Waals surface area contributed by atoms with Crippen molar-refractivity contribution in [2.24, 2.45) is 5.92 Å². The molecule has 2 fully saturated rings. The minimum atomic E-state index is -1.26. The molecule has 39 heavy (non-hydrogen) atoms. The fourth-order valence-corrected chi connectivity index (χ4v) is 5.30. The smallest absolute Gasteiger partial charge is 0.226 e. The molecule has 13 heteroatoms. The molecule has 0 radical (unpaired) electrons. The summed E-state index contributed by atoms with van der Waals surface area (Å²) in [5.74, 6) is 1.50. The van der Waals surface area contributed by atoms with Crippen molar-refractivity contribution >= 4 is 22.9 Å². The van der Waals surface area contributed by atoms with Crippen LogP contribution in [0.3, 0.4) is 0 Å².